The van der Waals surface area contributed by atoms with Crippen LogP contribution in [0.1, 0.15) is 24.1 Å². The fourth-order valence-corrected chi connectivity index (χ4v) is 2.35. The van der Waals surface area contributed by atoms with Crippen molar-refractivity contribution in [2.75, 3.05) is 7.05 Å². The lowest BCUT2D eigenvalue weighted by molar-refractivity contribution is 0.300. The number of halogens is 3. The maximum atomic E-state index is 13.7. The molecule has 112 valence electrons. The van der Waals surface area contributed by atoms with Crippen LogP contribution in [0, 0.1) is 5.82 Å². The number of ether oxygens (including phenoxy) is 1. The highest BCUT2D eigenvalue weighted by molar-refractivity contribution is 6.32. The van der Waals surface area contributed by atoms with Crippen molar-refractivity contribution >= 4 is 23.2 Å². The molecule has 1 N–H and O–H groups in total. The van der Waals surface area contributed by atoms with Crippen LogP contribution in [0.4, 0.5) is 4.39 Å². The third-order valence-electron chi connectivity index (χ3n) is 3.32. The average Bonchev–Trinajstić information content (AvgIpc) is 2.47. The molecular formula is C16H16Cl2FNO. The van der Waals surface area contributed by atoms with Gasteiger partial charge < -0.3 is 10.1 Å². The molecule has 1 unspecified atom stereocenters. The van der Waals surface area contributed by atoms with E-state index in [-0.39, 0.29) is 18.5 Å². The molecule has 0 aliphatic carbocycles. The van der Waals surface area contributed by atoms with Crippen LogP contribution in [0.25, 0.3) is 0 Å². The Hall–Kier alpha value is -1.29. The Morgan fingerprint density at radius 3 is 2.57 bits per heavy atom. The van der Waals surface area contributed by atoms with Gasteiger partial charge in [-0.3, -0.25) is 0 Å². The van der Waals surface area contributed by atoms with Crippen LogP contribution < -0.4 is 10.1 Å². The Bertz CT molecular complexity index is 613. The highest BCUT2D eigenvalue weighted by Gasteiger charge is 2.11. The molecular weight excluding hydrogens is 312 g/mol. The van der Waals surface area contributed by atoms with E-state index in [9.17, 15) is 4.39 Å². The summed E-state index contributed by atoms with van der Waals surface area (Å²) in [5, 5.41) is 3.96. The number of benzene rings is 2. The molecule has 21 heavy (non-hydrogen) atoms. The molecule has 2 rings (SSSR count). The molecule has 0 bridgehead atoms. The van der Waals surface area contributed by atoms with E-state index in [1.165, 1.54) is 6.07 Å². The van der Waals surface area contributed by atoms with Crippen molar-refractivity contribution in [3.63, 3.8) is 0 Å². The zero-order valence-corrected chi connectivity index (χ0v) is 13.3. The first kappa shape index (κ1) is 16.1. The van der Waals surface area contributed by atoms with Gasteiger partial charge in [0.1, 0.15) is 18.2 Å². The number of hydrogen-bond acceptors (Lipinski definition) is 2. The van der Waals surface area contributed by atoms with Crippen LogP contribution in [0.15, 0.2) is 36.4 Å². The van der Waals surface area contributed by atoms with Crippen molar-refractivity contribution in [2.24, 2.45) is 0 Å². The van der Waals surface area contributed by atoms with Gasteiger partial charge in [-0.05, 0) is 43.8 Å². The molecule has 0 spiro atoms. The van der Waals surface area contributed by atoms with Gasteiger partial charge in [0.2, 0.25) is 0 Å². The molecule has 0 saturated carbocycles. The lowest BCUT2D eigenvalue weighted by Crippen LogP contribution is -2.12. The van der Waals surface area contributed by atoms with Gasteiger partial charge in [-0.25, -0.2) is 4.39 Å². The fourth-order valence-electron chi connectivity index (χ4n) is 1.89. The van der Waals surface area contributed by atoms with E-state index in [0.717, 1.165) is 5.56 Å². The maximum absolute atomic E-state index is 13.7. The third kappa shape index (κ3) is 3.88. The molecule has 2 aromatic carbocycles. The quantitative estimate of drug-likeness (QED) is 0.835. The lowest BCUT2D eigenvalue weighted by Gasteiger charge is -2.14. The van der Waals surface area contributed by atoms with Crippen molar-refractivity contribution in [2.45, 2.75) is 19.6 Å². The van der Waals surface area contributed by atoms with E-state index in [1.54, 1.807) is 18.2 Å². The standard InChI is InChI=1S/C16H16Cl2FNO/c1-10(20-2)11-6-7-16(14(18)8-11)21-9-12-13(17)4-3-5-15(12)19/h3-8,10,20H,9H2,1-2H3. The van der Waals surface area contributed by atoms with Gasteiger partial charge in [-0.2, -0.15) is 0 Å². The molecule has 0 saturated heterocycles. The zero-order valence-electron chi connectivity index (χ0n) is 11.8. The van der Waals surface area contributed by atoms with Crippen LogP contribution in [-0.4, -0.2) is 7.05 Å². The minimum Gasteiger partial charge on any atom is -0.487 e. The first-order valence-electron chi connectivity index (χ1n) is 6.55. The SMILES string of the molecule is CNC(C)c1ccc(OCc2c(F)cccc2Cl)c(Cl)c1. The molecule has 2 aromatic rings. The molecule has 0 heterocycles. The number of rotatable bonds is 5. The van der Waals surface area contributed by atoms with E-state index in [0.29, 0.717) is 21.4 Å². The molecule has 0 amide bonds. The van der Waals surface area contributed by atoms with Crippen molar-refractivity contribution in [1.29, 1.82) is 0 Å². The van der Waals surface area contributed by atoms with Gasteiger partial charge in [0.25, 0.3) is 0 Å². The summed E-state index contributed by atoms with van der Waals surface area (Å²) in [7, 11) is 1.88. The molecule has 1 atom stereocenters. The van der Waals surface area contributed by atoms with Crippen molar-refractivity contribution in [1.82, 2.24) is 5.32 Å². The summed E-state index contributed by atoms with van der Waals surface area (Å²) in [4.78, 5) is 0. The van der Waals surface area contributed by atoms with Crippen LogP contribution in [0.2, 0.25) is 10.0 Å². The molecule has 2 nitrogen and oxygen atoms in total. The third-order valence-corrected chi connectivity index (χ3v) is 3.97. The minimum absolute atomic E-state index is 0.0339. The Kier molecular flexibility index (Phi) is 5.45. The average molecular weight is 328 g/mol. The molecule has 5 heteroatoms. The second-order valence-electron chi connectivity index (χ2n) is 4.69. The van der Waals surface area contributed by atoms with Crippen molar-refractivity contribution < 1.29 is 9.13 Å². The molecule has 0 aromatic heterocycles. The Balaban J connectivity index is 2.14. The summed E-state index contributed by atoms with van der Waals surface area (Å²) in [6, 6.07) is 10.3. The zero-order chi connectivity index (χ0) is 15.4. The largest absolute Gasteiger partial charge is 0.487 e. The van der Waals surface area contributed by atoms with Crippen LogP contribution in [-0.2, 0) is 6.61 Å². The fraction of sp³-hybridized carbons (Fsp3) is 0.250. The number of hydrogen-bond donors (Lipinski definition) is 1. The normalized spacial score (nSPS) is 12.2. The number of nitrogens with one attached hydrogen (secondary N) is 1. The topological polar surface area (TPSA) is 21.3 Å². The maximum Gasteiger partial charge on any atom is 0.138 e. The van der Waals surface area contributed by atoms with E-state index in [1.807, 2.05) is 26.1 Å². The summed E-state index contributed by atoms with van der Waals surface area (Å²) >= 11 is 12.2. The highest BCUT2D eigenvalue weighted by atomic mass is 35.5. The van der Waals surface area contributed by atoms with Crippen molar-refractivity contribution in [3.8, 4) is 5.75 Å². The second kappa shape index (κ2) is 7.12. The molecule has 0 fully saturated rings. The second-order valence-corrected chi connectivity index (χ2v) is 5.50. The van der Waals surface area contributed by atoms with Crippen LogP contribution in [0.3, 0.4) is 0 Å². The molecule has 0 aliphatic rings. The lowest BCUT2D eigenvalue weighted by atomic mass is 10.1. The monoisotopic (exact) mass is 327 g/mol. The first-order valence-corrected chi connectivity index (χ1v) is 7.31. The molecule has 0 aliphatic heterocycles. The van der Waals surface area contributed by atoms with Gasteiger partial charge in [0, 0.05) is 11.6 Å². The summed E-state index contributed by atoms with van der Waals surface area (Å²) in [6.45, 7) is 2.07. The predicted molar refractivity (Wildman–Crippen MR) is 84.7 cm³/mol. The van der Waals surface area contributed by atoms with Gasteiger partial charge in [0.05, 0.1) is 10.0 Å². The van der Waals surface area contributed by atoms with Gasteiger partial charge >= 0.3 is 0 Å². The summed E-state index contributed by atoms with van der Waals surface area (Å²) in [5.41, 5.74) is 1.38. The van der Waals surface area contributed by atoms with Crippen LogP contribution in [0.5, 0.6) is 5.75 Å². The van der Waals surface area contributed by atoms with Crippen LogP contribution >= 0.6 is 23.2 Å². The van der Waals surface area contributed by atoms with E-state index in [4.69, 9.17) is 27.9 Å². The highest BCUT2D eigenvalue weighted by Crippen LogP contribution is 2.29. The van der Waals surface area contributed by atoms with Crippen molar-refractivity contribution in [3.05, 3.63) is 63.4 Å². The minimum atomic E-state index is -0.390. The summed E-state index contributed by atoms with van der Waals surface area (Å²) < 4.78 is 19.2. The van der Waals surface area contributed by atoms with E-state index < -0.39 is 0 Å². The van der Waals surface area contributed by atoms with Gasteiger partial charge in [-0.1, -0.05) is 35.3 Å². The van der Waals surface area contributed by atoms with E-state index in [2.05, 4.69) is 5.32 Å². The van der Waals surface area contributed by atoms with Gasteiger partial charge in [-0.15, -0.1) is 0 Å². The Labute approximate surface area is 133 Å². The van der Waals surface area contributed by atoms with E-state index >= 15 is 0 Å². The smallest absolute Gasteiger partial charge is 0.138 e. The summed E-state index contributed by atoms with van der Waals surface area (Å²) in [5.74, 6) is 0.113. The Morgan fingerprint density at radius 2 is 1.95 bits per heavy atom. The summed E-state index contributed by atoms with van der Waals surface area (Å²) in [6.07, 6.45) is 0. The first-order chi connectivity index (χ1) is 10.0. The predicted octanol–water partition coefficient (Wildman–Crippen LogP) is 4.99. The molecule has 0 radical (unpaired) electrons. The van der Waals surface area contributed by atoms with Gasteiger partial charge in [0.15, 0.2) is 0 Å². The Morgan fingerprint density at radius 1 is 1.19 bits per heavy atom.